The lowest BCUT2D eigenvalue weighted by molar-refractivity contribution is -0.131. The monoisotopic (exact) mass is 476 g/mol. The average molecular weight is 477 g/mol. The molecule has 4 nitrogen and oxygen atoms in total. The van der Waals surface area contributed by atoms with Crippen LogP contribution in [0.3, 0.4) is 0 Å². The standard InChI is InChI=1S/C29H30F2N2O2/c1-29(2)14-21-20-5-3-4-6-24(20)32-27(21)28(33(29)15-19-11-17-9-18(19)10-17)26-22(30)12-16(13-23(26)31)7-8-25(34)35/h3-8,12-13,17-19,28,32H,9-11,14-15H2,1-2H3,(H,34,35)/b8-7+. The molecule has 3 saturated carbocycles. The first-order valence-electron chi connectivity index (χ1n) is 12.5. The van der Waals surface area contributed by atoms with Crippen LogP contribution in [0.15, 0.2) is 42.5 Å². The number of nitrogens with one attached hydrogen (secondary N) is 1. The van der Waals surface area contributed by atoms with Crippen molar-refractivity contribution in [1.29, 1.82) is 0 Å². The van der Waals surface area contributed by atoms with E-state index in [1.807, 2.05) is 18.2 Å². The van der Waals surface area contributed by atoms with Gasteiger partial charge in [-0.1, -0.05) is 18.2 Å². The first-order valence-corrected chi connectivity index (χ1v) is 12.5. The molecule has 182 valence electrons. The van der Waals surface area contributed by atoms with E-state index in [-0.39, 0.29) is 16.7 Å². The quantitative estimate of drug-likeness (QED) is 0.424. The van der Waals surface area contributed by atoms with Gasteiger partial charge in [0.1, 0.15) is 11.6 Å². The highest BCUT2D eigenvalue weighted by molar-refractivity contribution is 5.86. The Labute approximate surface area is 203 Å². The molecule has 1 aromatic heterocycles. The first kappa shape index (κ1) is 22.5. The van der Waals surface area contributed by atoms with Crippen LogP contribution in [0.4, 0.5) is 8.78 Å². The average Bonchev–Trinajstić information content (AvgIpc) is 3.45. The lowest BCUT2D eigenvalue weighted by Crippen LogP contribution is -2.53. The number of fused-ring (bicyclic) bond motifs is 4. The lowest BCUT2D eigenvalue weighted by atomic mass is 9.79. The Bertz CT molecular complexity index is 1330. The van der Waals surface area contributed by atoms with Crippen LogP contribution in [-0.4, -0.2) is 33.0 Å². The maximum Gasteiger partial charge on any atom is 0.328 e. The highest BCUT2D eigenvalue weighted by Gasteiger charge is 2.49. The van der Waals surface area contributed by atoms with Crippen molar-refractivity contribution in [3.05, 3.63) is 76.5 Å². The first-order chi connectivity index (χ1) is 16.7. The van der Waals surface area contributed by atoms with Crippen molar-refractivity contribution in [2.24, 2.45) is 17.8 Å². The van der Waals surface area contributed by atoms with E-state index in [0.717, 1.165) is 53.0 Å². The van der Waals surface area contributed by atoms with Crippen LogP contribution in [0, 0.1) is 29.4 Å². The minimum absolute atomic E-state index is 0.0309. The molecule has 1 aliphatic heterocycles. The summed E-state index contributed by atoms with van der Waals surface area (Å²) in [5.74, 6) is -0.372. The molecule has 0 amide bonds. The number of benzene rings is 2. The van der Waals surface area contributed by atoms with E-state index in [4.69, 9.17) is 5.11 Å². The highest BCUT2D eigenvalue weighted by atomic mass is 19.1. The zero-order valence-electron chi connectivity index (χ0n) is 20.0. The van der Waals surface area contributed by atoms with E-state index in [2.05, 4.69) is 29.8 Å². The number of para-hydroxylation sites is 1. The maximum absolute atomic E-state index is 15.7. The Morgan fingerprint density at radius 3 is 2.54 bits per heavy atom. The van der Waals surface area contributed by atoms with Gasteiger partial charge in [-0.05, 0) is 92.7 Å². The summed E-state index contributed by atoms with van der Waals surface area (Å²) < 4.78 is 31.5. The molecule has 2 N–H and O–H groups in total. The fourth-order valence-corrected chi connectivity index (χ4v) is 6.93. The highest BCUT2D eigenvalue weighted by Crippen LogP contribution is 2.54. The number of carboxylic acid groups (broad SMARTS) is 1. The van der Waals surface area contributed by atoms with E-state index < -0.39 is 23.6 Å². The molecule has 6 heteroatoms. The molecule has 2 heterocycles. The van der Waals surface area contributed by atoms with Gasteiger partial charge in [-0.2, -0.15) is 0 Å². The summed E-state index contributed by atoms with van der Waals surface area (Å²) in [6, 6.07) is 9.96. The van der Waals surface area contributed by atoms with Crippen molar-refractivity contribution in [2.45, 2.75) is 51.1 Å². The molecule has 4 aliphatic rings. The van der Waals surface area contributed by atoms with Crippen molar-refractivity contribution in [1.82, 2.24) is 9.88 Å². The second-order valence-electron chi connectivity index (χ2n) is 11.3. The number of aromatic nitrogens is 1. The molecule has 2 aromatic carbocycles. The Balaban J connectivity index is 1.51. The van der Waals surface area contributed by atoms with Crippen LogP contribution in [0.1, 0.15) is 61.5 Å². The molecule has 0 saturated heterocycles. The summed E-state index contributed by atoms with van der Waals surface area (Å²) in [6.45, 7) is 5.18. The van der Waals surface area contributed by atoms with Gasteiger partial charge in [-0.25, -0.2) is 13.6 Å². The van der Waals surface area contributed by atoms with Crippen LogP contribution >= 0.6 is 0 Å². The minimum atomic E-state index is -1.16. The van der Waals surface area contributed by atoms with Crippen molar-refractivity contribution in [3.8, 4) is 0 Å². The topological polar surface area (TPSA) is 56.3 Å². The largest absolute Gasteiger partial charge is 0.478 e. The second kappa shape index (κ2) is 8.02. The van der Waals surface area contributed by atoms with E-state index in [9.17, 15) is 4.79 Å². The van der Waals surface area contributed by atoms with Crippen LogP contribution in [-0.2, 0) is 11.2 Å². The van der Waals surface area contributed by atoms with E-state index in [1.165, 1.54) is 37.5 Å². The summed E-state index contributed by atoms with van der Waals surface area (Å²) in [5, 5.41) is 10.0. The van der Waals surface area contributed by atoms with Gasteiger partial charge in [0.2, 0.25) is 0 Å². The van der Waals surface area contributed by atoms with Gasteiger partial charge in [-0.3, -0.25) is 4.90 Å². The molecule has 7 rings (SSSR count). The van der Waals surface area contributed by atoms with Crippen LogP contribution in [0.5, 0.6) is 0 Å². The lowest BCUT2D eigenvalue weighted by Gasteiger charge is -2.49. The number of aromatic amines is 1. The third-order valence-corrected chi connectivity index (χ3v) is 8.62. The Kier molecular flexibility index (Phi) is 5.15. The molecule has 0 spiro atoms. The summed E-state index contributed by atoms with van der Waals surface area (Å²) in [7, 11) is 0. The molecule has 3 fully saturated rings. The number of hydrogen-bond donors (Lipinski definition) is 2. The number of halogens is 2. The fourth-order valence-electron chi connectivity index (χ4n) is 6.93. The van der Waals surface area contributed by atoms with E-state index >= 15 is 8.78 Å². The zero-order chi connectivity index (χ0) is 24.5. The minimum Gasteiger partial charge on any atom is -0.478 e. The van der Waals surface area contributed by atoms with Crippen molar-refractivity contribution < 1.29 is 18.7 Å². The van der Waals surface area contributed by atoms with Gasteiger partial charge in [0, 0.05) is 40.3 Å². The van der Waals surface area contributed by atoms with Crippen LogP contribution in [0.25, 0.3) is 17.0 Å². The third kappa shape index (κ3) is 3.70. The van der Waals surface area contributed by atoms with Crippen molar-refractivity contribution in [3.63, 3.8) is 0 Å². The number of carboxylic acids is 1. The molecule has 3 aliphatic carbocycles. The maximum atomic E-state index is 15.7. The molecular formula is C29H30F2N2O2. The predicted octanol–water partition coefficient (Wildman–Crippen LogP) is 6.32. The van der Waals surface area contributed by atoms with Gasteiger partial charge >= 0.3 is 5.97 Å². The number of carbonyl (C=O) groups is 1. The molecule has 2 bridgehead atoms. The Hall–Kier alpha value is -2.99. The van der Waals surface area contributed by atoms with Crippen LogP contribution < -0.4 is 0 Å². The molecule has 2 atom stereocenters. The van der Waals surface area contributed by atoms with Crippen molar-refractivity contribution in [2.75, 3.05) is 6.54 Å². The Morgan fingerprint density at radius 2 is 1.89 bits per heavy atom. The Morgan fingerprint density at radius 1 is 1.17 bits per heavy atom. The third-order valence-electron chi connectivity index (χ3n) is 8.62. The van der Waals surface area contributed by atoms with Gasteiger partial charge in [0.15, 0.2) is 0 Å². The predicted molar refractivity (Wildman–Crippen MR) is 132 cm³/mol. The van der Waals surface area contributed by atoms with Crippen molar-refractivity contribution >= 4 is 22.9 Å². The number of hydrogen-bond acceptors (Lipinski definition) is 2. The van der Waals surface area contributed by atoms with Gasteiger partial charge in [0.05, 0.1) is 6.04 Å². The molecule has 0 radical (unpaired) electrons. The number of rotatable bonds is 5. The summed E-state index contributed by atoms with van der Waals surface area (Å²) in [4.78, 5) is 16.7. The van der Waals surface area contributed by atoms with Gasteiger partial charge in [0.25, 0.3) is 0 Å². The smallest absolute Gasteiger partial charge is 0.328 e. The van der Waals surface area contributed by atoms with E-state index in [0.29, 0.717) is 5.92 Å². The molecule has 2 unspecified atom stereocenters. The normalized spacial score (nSPS) is 27.3. The SMILES string of the molecule is CC1(C)Cc2c([nH]c3ccccc23)C(c2c(F)cc(/C=C/C(=O)O)cc2F)N1CC1CC2CC1C2. The summed E-state index contributed by atoms with van der Waals surface area (Å²) >= 11 is 0. The zero-order valence-corrected chi connectivity index (χ0v) is 20.0. The van der Waals surface area contributed by atoms with Gasteiger partial charge in [-0.15, -0.1) is 0 Å². The number of H-pyrrole nitrogens is 1. The van der Waals surface area contributed by atoms with Gasteiger partial charge < -0.3 is 10.1 Å². The summed E-state index contributed by atoms with van der Waals surface area (Å²) in [6.07, 6.45) is 6.69. The number of aliphatic carboxylic acids is 1. The van der Waals surface area contributed by atoms with E-state index in [1.54, 1.807) is 0 Å². The summed E-state index contributed by atoms with van der Waals surface area (Å²) in [5.41, 5.74) is 2.89. The van der Waals surface area contributed by atoms with Crippen LogP contribution in [0.2, 0.25) is 0 Å². The second-order valence-corrected chi connectivity index (χ2v) is 11.3. The fraction of sp³-hybridized carbons (Fsp3) is 0.414. The molecular weight excluding hydrogens is 446 g/mol. The molecule has 3 aromatic rings. The molecule has 35 heavy (non-hydrogen) atoms. The number of nitrogens with zero attached hydrogens (tertiary/aromatic N) is 1.